The molecule has 97 heavy (non-hydrogen) atoms. The molecule has 22 nitrogen and oxygen atoms in total. The molecule has 0 bridgehead atoms. The van der Waals surface area contributed by atoms with Crippen LogP contribution in [0, 0.1) is 0 Å². The molecule has 0 aliphatic carbocycles. The number of carbonyl (C=O) groups is 6. The number of nitrogens with zero attached hydrogens (tertiary/aromatic N) is 8. The SMILES string of the molecule is CCCN(CCC)C(=O)C1=Cc2ccc(C(=O)Nc3cnc4c(c3)CN(Cc3ccc(C(=O)NCC(F)(F)CN)cc3)CC4)cc2N=C(N)C1.CCCN(CCC)C(=O)C1=Cc2ccc(C(=O)Nc3cnc4c(c3)CN(Cc3ccc(C(=O)NCCN)cc3)CC4)cc2N=C(N)C1. The lowest BCUT2D eigenvalue weighted by atomic mass is 10.0. The summed E-state index contributed by atoms with van der Waals surface area (Å²) in [5.74, 6) is -3.91. The first-order valence-corrected chi connectivity index (χ1v) is 33.2. The summed E-state index contributed by atoms with van der Waals surface area (Å²) in [6.07, 6.45) is 12.5. The van der Waals surface area contributed by atoms with Crippen molar-refractivity contribution in [3.8, 4) is 0 Å². The number of halogens is 2. The van der Waals surface area contributed by atoms with Gasteiger partial charge in [-0.05, 0) is 121 Å². The van der Waals surface area contributed by atoms with Gasteiger partial charge >= 0.3 is 0 Å². The summed E-state index contributed by atoms with van der Waals surface area (Å²) in [4.78, 5) is 104. The van der Waals surface area contributed by atoms with E-state index in [4.69, 9.17) is 22.9 Å². The number of aliphatic imine (C=N–C) groups is 2. The molecule has 10 rings (SSSR count). The molecule has 0 fully saturated rings. The van der Waals surface area contributed by atoms with Crippen LogP contribution in [-0.2, 0) is 48.6 Å². The van der Waals surface area contributed by atoms with Crippen molar-refractivity contribution in [3.63, 3.8) is 0 Å². The van der Waals surface area contributed by atoms with E-state index in [1.165, 1.54) is 0 Å². The monoisotopic (exact) mass is 1320 g/mol. The Bertz CT molecular complexity index is 3970. The Balaban J connectivity index is 0.000000228. The highest BCUT2D eigenvalue weighted by molar-refractivity contribution is 6.09. The zero-order valence-corrected chi connectivity index (χ0v) is 55.7. The van der Waals surface area contributed by atoms with Crippen LogP contribution in [0.15, 0.2) is 131 Å². The van der Waals surface area contributed by atoms with Crippen molar-refractivity contribution in [3.05, 3.63) is 188 Å². The van der Waals surface area contributed by atoms with Gasteiger partial charge in [0.15, 0.2) is 0 Å². The lowest BCUT2D eigenvalue weighted by Gasteiger charge is -2.28. The molecule has 4 aliphatic heterocycles. The molecule has 24 heteroatoms. The topological polar surface area (TPSA) is 318 Å². The fraction of sp³-hybridized carbons (Fsp3) is 0.370. The number of pyridine rings is 2. The minimum absolute atomic E-state index is 0.0269. The molecule has 6 heterocycles. The highest BCUT2D eigenvalue weighted by Crippen LogP contribution is 2.32. The zero-order chi connectivity index (χ0) is 69.2. The number of alkyl halides is 2. The minimum Gasteiger partial charge on any atom is -0.387 e. The van der Waals surface area contributed by atoms with Crippen molar-refractivity contribution in [2.45, 2.75) is 111 Å². The Hall–Kier alpha value is -9.88. The molecular weight excluding hydrogens is 1230 g/mol. The maximum atomic E-state index is 13.4. The van der Waals surface area contributed by atoms with Gasteiger partial charge in [0.1, 0.15) is 11.7 Å². The number of hydrogen-bond donors (Lipinski definition) is 8. The summed E-state index contributed by atoms with van der Waals surface area (Å²) in [6, 6.07) is 28.8. The summed E-state index contributed by atoms with van der Waals surface area (Å²) in [5.41, 5.74) is 35.7. The van der Waals surface area contributed by atoms with E-state index in [1.54, 1.807) is 67.0 Å². The van der Waals surface area contributed by atoms with Gasteiger partial charge in [0.25, 0.3) is 29.6 Å². The second-order valence-corrected chi connectivity index (χ2v) is 24.7. The third-order valence-electron chi connectivity index (χ3n) is 16.8. The Kier molecular flexibility index (Phi) is 24.8. The van der Waals surface area contributed by atoms with Gasteiger partial charge in [-0.1, -0.05) is 64.1 Å². The Labute approximate surface area is 565 Å². The molecule has 6 amide bonds. The van der Waals surface area contributed by atoms with Crippen LogP contribution in [0.2, 0.25) is 0 Å². The number of anilines is 2. The van der Waals surface area contributed by atoms with Gasteiger partial charge in [-0.15, -0.1) is 0 Å². The molecule has 0 atom stereocenters. The molecule has 6 aromatic rings. The van der Waals surface area contributed by atoms with E-state index >= 15 is 0 Å². The number of nitrogens with two attached hydrogens (primary N) is 4. The number of benzene rings is 4. The molecule has 0 unspecified atom stereocenters. The van der Waals surface area contributed by atoms with Gasteiger partial charge in [-0.2, -0.15) is 0 Å². The Morgan fingerprint density at radius 1 is 0.536 bits per heavy atom. The summed E-state index contributed by atoms with van der Waals surface area (Å²) in [5, 5.41) is 10.9. The quantitative estimate of drug-likeness (QED) is 0.0266. The van der Waals surface area contributed by atoms with Crippen LogP contribution in [0.5, 0.6) is 0 Å². The van der Waals surface area contributed by atoms with E-state index in [1.807, 2.05) is 78.3 Å². The smallest absolute Gasteiger partial charge is 0.277 e. The van der Waals surface area contributed by atoms with Crippen molar-refractivity contribution < 1.29 is 37.5 Å². The van der Waals surface area contributed by atoms with E-state index in [-0.39, 0.29) is 47.9 Å². The molecule has 12 N–H and O–H groups in total. The van der Waals surface area contributed by atoms with Gasteiger partial charge in [0.05, 0.1) is 48.2 Å². The van der Waals surface area contributed by atoms with Gasteiger partial charge in [-0.25, -0.2) is 18.8 Å². The first-order chi connectivity index (χ1) is 46.7. The lowest BCUT2D eigenvalue weighted by molar-refractivity contribution is -0.128. The third kappa shape index (κ3) is 19.4. The largest absolute Gasteiger partial charge is 0.387 e. The molecule has 2 aromatic heterocycles. The summed E-state index contributed by atoms with van der Waals surface area (Å²) in [6.45, 7) is 14.4. The highest BCUT2D eigenvalue weighted by Gasteiger charge is 2.29. The first-order valence-electron chi connectivity index (χ1n) is 33.2. The average Bonchev–Trinajstić information content (AvgIpc) is 1.79. The number of rotatable bonds is 25. The Morgan fingerprint density at radius 3 is 1.33 bits per heavy atom. The van der Waals surface area contributed by atoms with Gasteiger partial charge in [0.2, 0.25) is 11.8 Å². The summed E-state index contributed by atoms with van der Waals surface area (Å²) < 4.78 is 26.8. The van der Waals surface area contributed by atoms with Crippen LogP contribution in [0.3, 0.4) is 0 Å². The van der Waals surface area contributed by atoms with Crippen LogP contribution in [0.1, 0.15) is 152 Å². The van der Waals surface area contributed by atoms with Crippen LogP contribution in [-0.4, -0.2) is 148 Å². The molecule has 0 saturated heterocycles. The minimum atomic E-state index is -3.15. The summed E-state index contributed by atoms with van der Waals surface area (Å²) >= 11 is 0. The van der Waals surface area contributed by atoms with Crippen LogP contribution in [0.4, 0.5) is 31.5 Å². The van der Waals surface area contributed by atoms with Crippen molar-refractivity contribution in [2.75, 3.05) is 76.1 Å². The van der Waals surface area contributed by atoms with Crippen molar-refractivity contribution in [2.24, 2.45) is 32.9 Å². The predicted octanol–water partition coefficient (Wildman–Crippen LogP) is 8.65. The third-order valence-corrected chi connectivity index (χ3v) is 16.8. The number of carbonyl (C=O) groups excluding carboxylic acids is 6. The fourth-order valence-corrected chi connectivity index (χ4v) is 11.9. The highest BCUT2D eigenvalue weighted by atomic mass is 19.3. The van der Waals surface area contributed by atoms with Gasteiger partial charge < -0.3 is 54.0 Å². The fourth-order valence-electron chi connectivity index (χ4n) is 11.9. The van der Waals surface area contributed by atoms with Crippen LogP contribution >= 0.6 is 0 Å². The molecule has 0 saturated carbocycles. The maximum Gasteiger partial charge on any atom is 0.277 e. The van der Waals surface area contributed by atoms with E-state index in [0.29, 0.717) is 121 Å². The molecule has 0 spiro atoms. The second-order valence-electron chi connectivity index (χ2n) is 24.7. The lowest BCUT2D eigenvalue weighted by Crippen LogP contribution is -2.41. The number of aromatic nitrogens is 2. The number of amidine groups is 2. The molecule has 4 aromatic carbocycles. The number of fused-ring (bicyclic) bond motifs is 4. The summed E-state index contributed by atoms with van der Waals surface area (Å²) in [7, 11) is 0. The van der Waals surface area contributed by atoms with E-state index < -0.39 is 24.9 Å². The van der Waals surface area contributed by atoms with Crippen LogP contribution in [0.25, 0.3) is 12.2 Å². The van der Waals surface area contributed by atoms with Crippen LogP contribution < -0.4 is 44.2 Å². The zero-order valence-electron chi connectivity index (χ0n) is 55.7. The number of nitrogens with one attached hydrogen (secondary N) is 4. The van der Waals surface area contributed by atoms with Gasteiger partial charge in [-0.3, -0.25) is 48.5 Å². The number of hydrogen-bond acceptors (Lipinski definition) is 16. The van der Waals surface area contributed by atoms with Crippen molar-refractivity contribution >= 4 is 82.0 Å². The number of amides is 6. The molecular formula is C73H88F2N16O6. The molecule has 0 radical (unpaired) electrons. The maximum absolute atomic E-state index is 13.4. The van der Waals surface area contributed by atoms with Crippen molar-refractivity contribution in [1.82, 2.24) is 40.2 Å². The standard InChI is InChI=1S/C37H44F2N8O3.C36H44N8O3/c1-3-12-47(13-4-2)36(50)28-15-26-9-10-27(17-32(26)45-33(41)18-28)35(49)44-30-16-29-21-46(14-11-31(29)42-19-30)20-24-5-7-25(8-6-24)34(48)43-23-37(38,39)22-40;1-3-14-44(15-4-2)36(47)28-17-26-9-10-27(19-32(26)42-33(38)20-28)35(46)41-30-18-29-23-43(16-11-31(29)40-21-30)22-24-5-7-25(8-6-24)34(45)39-13-12-37/h5-10,15-17,19H,3-4,11-14,18,20-23,40H2,1-2H3,(H2,41,45)(H,43,48)(H,44,49);5-10,17-19,21H,3-4,11-16,20,22-23,37H2,1-2H3,(H2,38,42)(H,39,45)(H,41,46). The van der Waals surface area contributed by atoms with E-state index in [0.717, 1.165) is 103 Å². The van der Waals surface area contributed by atoms with E-state index in [9.17, 15) is 37.5 Å². The van der Waals surface area contributed by atoms with Gasteiger partial charge in [0, 0.05) is 160 Å². The average molecular weight is 1320 g/mol. The molecule has 4 aliphatic rings. The first kappa shape index (κ1) is 71.4. The Morgan fingerprint density at radius 2 is 0.938 bits per heavy atom. The molecule has 510 valence electrons. The second kappa shape index (κ2) is 33.7. The predicted molar refractivity (Wildman–Crippen MR) is 376 cm³/mol. The van der Waals surface area contributed by atoms with Crippen molar-refractivity contribution in [1.29, 1.82) is 0 Å². The normalized spacial score (nSPS) is 14.3. The van der Waals surface area contributed by atoms with E-state index in [2.05, 4.69) is 64.9 Å².